The minimum absolute atomic E-state index is 0.0282. The number of allylic oxidation sites excluding steroid dienone is 1. The molecule has 28 heavy (non-hydrogen) atoms. The number of Topliss-reactive ketones (excluding diaryl/α,β-unsaturated/α-hetero) is 1. The molecular formula is C20H16F3NO4. The smallest absolute Gasteiger partial charge is 0.416 e. The third-order valence-electron chi connectivity index (χ3n) is 4.13. The number of aliphatic imine (C=N–C) groups is 1. The van der Waals surface area contributed by atoms with Crippen molar-refractivity contribution in [2.24, 2.45) is 10.9 Å². The molecule has 2 heterocycles. The van der Waals surface area contributed by atoms with Gasteiger partial charge in [-0.2, -0.15) is 13.2 Å². The lowest BCUT2D eigenvalue weighted by molar-refractivity contribution is -0.147. The summed E-state index contributed by atoms with van der Waals surface area (Å²) in [4.78, 5) is 28.4. The van der Waals surface area contributed by atoms with E-state index in [0.717, 1.165) is 12.1 Å². The van der Waals surface area contributed by atoms with Crippen molar-refractivity contribution in [1.82, 2.24) is 0 Å². The van der Waals surface area contributed by atoms with Gasteiger partial charge in [0.05, 0.1) is 12.2 Å². The third-order valence-corrected chi connectivity index (χ3v) is 4.13. The highest BCUT2D eigenvalue weighted by molar-refractivity contribution is 6.28. The van der Waals surface area contributed by atoms with Gasteiger partial charge in [0.1, 0.15) is 17.2 Å². The molecule has 0 saturated heterocycles. The first-order chi connectivity index (χ1) is 13.2. The summed E-state index contributed by atoms with van der Waals surface area (Å²) in [7, 11) is 0. The minimum atomic E-state index is -4.46. The number of carbonyl (C=O) groups is 2. The van der Waals surface area contributed by atoms with Crippen molar-refractivity contribution in [1.29, 1.82) is 0 Å². The maximum Gasteiger partial charge on any atom is 0.416 e. The van der Waals surface area contributed by atoms with Crippen molar-refractivity contribution in [3.63, 3.8) is 0 Å². The third kappa shape index (κ3) is 3.90. The van der Waals surface area contributed by atoms with Crippen LogP contribution in [0.25, 0.3) is 17.4 Å². The first-order valence-electron chi connectivity index (χ1n) is 8.46. The lowest BCUT2D eigenvalue weighted by atomic mass is 10.0. The van der Waals surface area contributed by atoms with Crippen LogP contribution in [0.4, 0.5) is 13.2 Å². The van der Waals surface area contributed by atoms with Crippen molar-refractivity contribution in [3.8, 4) is 11.3 Å². The molecule has 1 atom stereocenters. The number of esters is 1. The number of ether oxygens (including phenoxy) is 1. The van der Waals surface area contributed by atoms with Gasteiger partial charge in [-0.05, 0) is 38.1 Å². The Labute approximate surface area is 158 Å². The van der Waals surface area contributed by atoms with E-state index in [1.165, 1.54) is 30.3 Å². The molecule has 0 N–H and O–H groups in total. The topological polar surface area (TPSA) is 68.9 Å². The summed E-state index contributed by atoms with van der Waals surface area (Å²) in [6, 6.07) is 7.75. The lowest BCUT2D eigenvalue weighted by Crippen LogP contribution is -2.28. The number of carbonyl (C=O) groups excluding carboxylic acids is 2. The monoisotopic (exact) mass is 391 g/mol. The average Bonchev–Trinajstić information content (AvgIpc) is 3.20. The van der Waals surface area contributed by atoms with Crippen LogP contribution in [0.15, 0.2) is 51.5 Å². The summed E-state index contributed by atoms with van der Waals surface area (Å²) < 4.78 is 49.0. The van der Waals surface area contributed by atoms with Crippen LogP contribution in [0, 0.1) is 5.92 Å². The van der Waals surface area contributed by atoms with Gasteiger partial charge in [0.2, 0.25) is 5.78 Å². The molecule has 1 unspecified atom stereocenters. The van der Waals surface area contributed by atoms with Gasteiger partial charge in [-0.15, -0.1) is 0 Å². The van der Waals surface area contributed by atoms with E-state index in [1.807, 2.05) is 0 Å². The van der Waals surface area contributed by atoms with E-state index in [2.05, 4.69) is 4.99 Å². The number of benzene rings is 1. The van der Waals surface area contributed by atoms with Crippen molar-refractivity contribution < 1.29 is 31.9 Å². The molecule has 0 bridgehead atoms. The van der Waals surface area contributed by atoms with Crippen LogP contribution in [-0.2, 0) is 20.5 Å². The van der Waals surface area contributed by atoms with Crippen molar-refractivity contribution in [2.45, 2.75) is 20.0 Å². The molecule has 2 aromatic rings. The molecule has 1 aromatic carbocycles. The van der Waals surface area contributed by atoms with Crippen LogP contribution in [0.3, 0.4) is 0 Å². The molecule has 146 valence electrons. The quantitative estimate of drug-likeness (QED) is 0.436. The molecule has 0 fully saturated rings. The van der Waals surface area contributed by atoms with Crippen LogP contribution in [0.2, 0.25) is 0 Å². The Morgan fingerprint density at radius 2 is 2.04 bits per heavy atom. The second kappa shape index (κ2) is 7.46. The number of alkyl halides is 3. The molecule has 5 nitrogen and oxygen atoms in total. The van der Waals surface area contributed by atoms with E-state index >= 15 is 0 Å². The van der Waals surface area contributed by atoms with Gasteiger partial charge in [0, 0.05) is 17.4 Å². The molecule has 0 spiro atoms. The molecule has 3 rings (SSSR count). The largest absolute Gasteiger partial charge is 0.465 e. The minimum Gasteiger partial charge on any atom is -0.465 e. The first-order valence-corrected chi connectivity index (χ1v) is 8.46. The first kappa shape index (κ1) is 19.6. The maximum atomic E-state index is 12.9. The molecule has 8 heteroatoms. The molecule has 0 amide bonds. The fraction of sp³-hybridized carbons (Fsp3) is 0.250. The standard InChI is InChI=1S/C20H16F3NO4/c1-3-27-19(26)17-11(2)24-15(18(17)25)10-14-7-8-16(28-14)12-5-4-6-13(9-12)20(21,22)23/h4-10,17H,3H2,1-2H3/b15-10+. The van der Waals surface area contributed by atoms with Crippen LogP contribution >= 0.6 is 0 Å². The number of hydrogen-bond acceptors (Lipinski definition) is 5. The Morgan fingerprint density at radius 1 is 1.29 bits per heavy atom. The highest BCUT2D eigenvalue weighted by Gasteiger charge is 2.38. The molecule has 0 saturated carbocycles. The lowest BCUT2D eigenvalue weighted by Gasteiger charge is -2.07. The number of hydrogen-bond donors (Lipinski definition) is 0. The van der Waals surface area contributed by atoms with E-state index in [-0.39, 0.29) is 29.4 Å². The molecule has 1 aromatic heterocycles. The highest BCUT2D eigenvalue weighted by atomic mass is 19.4. The molecule has 1 aliphatic rings. The summed E-state index contributed by atoms with van der Waals surface area (Å²) in [5, 5.41) is 0. The second-order valence-corrected chi connectivity index (χ2v) is 6.11. The van der Waals surface area contributed by atoms with Gasteiger partial charge >= 0.3 is 12.1 Å². The summed E-state index contributed by atoms with van der Waals surface area (Å²) in [6.07, 6.45) is -3.11. The Balaban J connectivity index is 1.86. The maximum absolute atomic E-state index is 12.9. The Kier molecular flexibility index (Phi) is 5.22. The predicted octanol–water partition coefficient (Wildman–Crippen LogP) is 4.53. The predicted molar refractivity (Wildman–Crippen MR) is 95.4 cm³/mol. The fourth-order valence-corrected chi connectivity index (χ4v) is 2.82. The van der Waals surface area contributed by atoms with Crippen molar-refractivity contribution >= 4 is 23.5 Å². The van der Waals surface area contributed by atoms with E-state index in [0.29, 0.717) is 5.71 Å². The van der Waals surface area contributed by atoms with E-state index in [9.17, 15) is 22.8 Å². The summed E-state index contributed by atoms with van der Waals surface area (Å²) in [6.45, 7) is 3.34. The van der Waals surface area contributed by atoms with E-state index in [1.54, 1.807) is 13.8 Å². The number of rotatable bonds is 4. The van der Waals surface area contributed by atoms with Gasteiger partial charge in [-0.3, -0.25) is 14.6 Å². The number of halogens is 3. The zero-order chi connectivity index (χ0) is 20.5. The van der Waals surface area contributed by atoms with Crippen LogP contribution < -0.4 is 0 Å². The fourth-order valence-electron chi connectivity index (χ4n) is 2.82. The van der Waals surface area contributed by atoms with Crippen LogP contribution in [0.1, 0.15) is 25.2 Å². The SMILES string of the molecule is CCOC(=O)C1C(=O)/C(=C\c2ccc(-c3cccc(C(F)(F)F)c3)o2)N=C1C. The van der Waals surface area contributed by atoms with Gasteiger partial charge in [0.25, 0.3) is 0 Å². The number of furan rings is 1. The van der Waals surface area contributed by atoms with E-state index < -0.39 is 29.4 Å². The zero-order valence-corrected chi connectivity index (χ0v) is 15.0. The molecular weight excluding hydrogens is 375 g/mol. The Hall–Kier alpha value is -3.16. The average molecular weight is 391 g/mol. The summed E-state index contributed by atoms with van der Waals surface area (Å²) in [5.41, 5.74) is -0.189. The van der Waals surface area contributed by atoms with Crippen LogP contribution in [-0.4, -0.2) is 24.1 Å². The highest BCUT2D eigenvalue weighted by Crippen LogP contribution is 2.33. The summed E-state index contributed by atoms with van der Waals surface area (Å²) in [5.74, 6) is -1.80. The second-order valence-electron chi connectivity index (χ2n) is 6.11. The van der Waals surface area contributed by atoms with Gasteiger partial charge < -0.3 is 9.15 Å². The molecule has 0 aliphatic carbocycles. The zero-order valence-electron chi connectivity index (χ0n) is 15.0. The normalized spacial score (nSPS) is 18.5. The summed E-state index contributed by atoms with van der Waals surface area (Å²) >= 11 is 0. The van der Waals surface area contributed by atoms with Gasteiger partial charge in [-0.1, -0.05) is 12.1 Å². The molecule has 0 radical (unpaired) electrons. The molecule has 1 aliphatic heterocycles. The van der Waals surface area contributed by atoms with Gasteiger partial charge in [-0.25, -0.2) is 0 Å². The number of nitrogens with zero attached hydrogens (tertiary/aromatic N) is 1. The number of ketones is 1. The Morgan fingerprint density at radius 3 is 2.71 bits per heavy atom. The van der Waals surface area contributed by atoms with Gasteiger partial charge in [0.15, 0.2) is 5.92 Å². The van der Waals surface area contributed by atoms with Crippen molar-refractivity contribution in [3.05, 3.63) is 53.4 Å². The van der Waals surface area contributed by atoms with E-state index in [4.69, 9.17) is 9.15 Å². The van der Waals surface area contributed by atoms with Crippen LogP contribution in [0.5, 0.6) is 0 Å². The Bertz CT molecular complexity index is 985. The van der Waals surface area contributed by atoms with Crippen molar-refractivity contribution in [2.75, 3.05) is 6.61 Å².